The minimum absolute atomic E-state index is 0.0453. The monoisotopic (exact) mass is 345 g/mol. The molecule has 2 atom stereocenters. The normalized spacial score (nSPS) is 19.0. The number of carbonyl (C=O) groups excluding carboxylic acids is 1. The molecule has 2 unspecified atom stereocenters. The van der Waals surface area contributed by atoms with E-state index < -0.39 is 12.1 Å². The molecule has 1 saturated heterocycles. The highest BCUT2D eigenvalue weighted by atomic mass is 35.5. The Morgan fingerprint density at radius 1 is 1.45 bits per heavy atom. The molecule has 1 aliphatic heterocycles. The molecule has 120 valence electrons. The number of hydrogen-bond acceptors (Lipinski definition) is 3. The van der Waals surface area contributed by atoms with Crippen molar-refractivity contribution in [3.63, 3.8) is 0 Å². The predicted molar refractivity (Wildman–Crippen MR) is 83.5 cm³/mol. The summed E-state index contributed by atoms with van der Waals surface area (Å²) in [5.41, 5.74) is 0. The first-order chi connectivity index (χ1) is 10.4. The molecule has 0 radical (unpaired) electrons. The van der Waals surface area contributed by atoms with Crippen LogP contribution in [0, 0.1) is 0 Å². The van der Waals surface area contributed by atoms with E-state index in [1.807, 2.05) is 0 Å². The molecule has 1 fully saturated rings. The Kier molecular flexibility index (Phi) is 5.53. The quantitative estimate of drug-likeness (QED) is 0.889. The molecule has 1 aliphatic rings. The highest BCUT2D eigenvalue weighted by Gasteiger charge is 2.33. The smallest absolute Gasteiger partial charge is 0.305 e. The van der Waals surface area contributed by atoms with E-state index in [0.717, 1.165) is 6.42 Å². The second-order valence-electron chi connectivity index (χ2n) is 5.24. The van der Waals surface area contributed by atoms with Gasteiger partial charge in [-0.2, -0.15) is 0 Å². The van der Waals surface area contributed by atoms with Crippen molar-refractivity contribution in [2.75, 3.05) is 6.54 Å². The fraction of sp³-hybridized carbons (Fsp3) is 0.467. The van der Waals surface area contributed by atoms with Gasteiger partial charge in [0.25, 0.3) is 5.91 Å². The second kappa shape index (κ2) is 7.20. The second-order valence-corrected chi connectivity index (χ2v) is 6.02. The molecule has 7 heteroatoms. The number of carboxylic acids is 1. The molecule has 5 nitrogen and oxygen atoms in total. The lowest BCUT2D eigenvalue weighted by atomic mass is 10.1. The largest absolute Gasteiger partial charge is 0.481 e. The van der Waals surface area contributed by atoms with Crippen molar-refractivity contribution in [2.45, 2.75) is 38.3 Å². The van der Waals surface area contributed by atoms with Gasteiger partial charge in [-0.3, -0.25) is 9.59 Å². The summed E-state index contributed by atoms with van der Waals surface area (Å²) in [5.74, 6) is -0.806. The molecule has 1 aromatic rings. The molecule has 22 heavy (non-hydrogen) atoms. The van der Waals surface area contributed by atoms with Gasteiger partial charge in [0.1, 0.15) is 10.8 Å². The van der Waals surface area contributed by atoms with Crippen LogP contribution in [0.3, 0.4) is 0 Å². The van der Waals surface area contributed by atoms with Crippen molar-refractivity contribution in [1.29, 1.82) is 0 Å². The number of likely N-dealkylation sites (tertiary alicyclic amines) is 1. The molecule has 0 bridgehead atoms. The zero-order chi connectivity index (χ0) is 16.3. The number of hydrogen-bond donors (Lipinski definition) is 1. The first-order valence-electron chi connectivity index (χ1n) is 7.03. The van der Waals surface area contributed by atoms with Crippen LogP contribution in [0.4, 0.5) is 0 Å². The highest BCUT2D eigenvalue weighted by Crippen LogP contribution is 2.32. The van der Waals surface area contributed by atoms with Crippen LogP contribution >= 0.6 is 23.2 Å². The van der Waals surface area contributed by atoms with E-state index in [9.17, 15) is 9.59 Å². The van der Waals surface area contributed by atoms with Crippen LogP contribution in [0.5, 0.6) is 5.75 Å². The SMILES string of the molecule is CC(Oc1cccc(Cl)c1Cl)C(=O)N1CCCC1CC(=O)O. The average Bonchev–Trinajstić information content (AvgIpc) is 2.90. The van der Waals surface area contributed by atoms with E-state index in [1.54, 1.807) is 30.0 Å². The van der Waals surface area contributed by atoms with Gasteiger partial charge < -0.3 is 14.7 Å². The summed E-state index contributed by atoms with van der Waals surface area (Å²) in [4.78, 5) is 24.9. The number of rotatable bonds is 5. The summed E-state index contributed by atoms with van der Waals surface area (Å²) >= 11 is 12.0. The summed E-state index contributed by atoms with van der Waals surface area (Å²) < 4.78 is 5.60. The van der Waals surface area contributed by atoms with Gasteiger partial charge in [-0.1, -0.05) is 29.3 Å². The topological polar surface area (TPSA) is 66.8 Å². The zero-order valence-electron chi connectivity index (χ0n) is 12.1. The standard InChI is InChI=1S/C15H17Cl2NO4/c1-9(22-12-6-2-5-11(16)14(12)17)15(21)18-7-3-4-10(18)8-13(19)20/h2,5-6,9-10H,3-4,7-8H2,1H3,(H,19,20). The van der Waals surface area contributed by atoms with Crippen LogP contribution in [-0.2, 0) is 9.59 Å². The average molecular weight is 346 g/mol. The molecule has 1 N–H and O–H groups in total. The Morgan fingerprint density at radius 3 is 2.86 bits per heavy atom. The van der Waals surface area contributed by atoms with E-state index in [4.69, 9.17) is 33.0 Å². The number of amides is 1. The summed E-state index contributed by atoms with van der Waals surface area (Å²) in [7, 11) is 0. The van der Waals surface area contributed by atoms with Gasteiger partial charge in [0.2, 0.25) is 0 Å². The molecule has 0 saturated carbocycles. The Hall–Kier alpha value is -1.46. The number of aliphatic carboxylic acids is 1. The van der Waals surface area contributed by atoms with E-state index in [1.165, 1.54) is 0 Å². The minimum Gasteiger partial charge on any atom is -0.481 e. The number of carbonyl (C=O) groups is 2. The van der Waals surface area contributed by atoms with Gasteiger partial charge in [-0.15, -0.1) is 0 Å². The Morgan fingerprint density at radius 2 is 2.18 bits per heavy atom. The third-order valence-electron chi connectivity index (χ3n) is 3.64. The number of ether oxygens (including phenoxy) is 1. The number of carboxylic acid groups (broad SMARTS) is 1. The van der Waals surface area contributed by atoms with Crippen LogP contribution in [0.2, 0.25) is 10.0 Å². The van der Waals surface area contributed by atoms with Gasteiger partial charge in [0, 0.05) is 12.6 Å². The summed E-state index contributed by atoms with van der Waals surface area (Å²) in [6, 6.07) is 4.68. The molecule has 0 aromatic heterocycles. The van der Waals surface area contributed by atoms with Crippen molar-refractivity contribution in [2.24, 2.45) is 0 Å². The first kappa shape index (κ1) is 16.9. The number of halogens is 2. The van der Waals surface area contributed by atoms with Crippen LogP contribution in [-0.4, -0.2) is 40.6 Å². The minimum atomic E-state index is -0.906. The van der Waals surface area contributed by atoms with Gasteiger partial charge in [-0.05, 0) is 31.9 Å². The van der Waals surface area contributed by atoms with Gasteiger partial charge in [-0.25, -0.2) is 0 Å². The van der Waals surface area contributed by atoms with E-state index in [2.05, 4.69) is 0 Å². The van der Waals surface area contributed by atoms with Gasteiger partial charge >= 0.3 is 5.97 Å². The lowest BCUT2D eigenvalue weighted by Crippen LogP contribution is -2.43. The van der Waals surface area contributed by atoms with E-state index in [0.29, 0.717) is 23.7 Å². The van der Waals surface area contributed by atoms with Crippen molar-refractivity contribution in [3.05, 3.63) is 28.2 Å². The van der Waals surface area contributed by atoms with Crippen molar-refractivity contribution >= 4 is 35.1 Å². The van der Waals surface area contributed by atoms with Gasteiger partial charge in [0.15, 0.2) is 6.10 Å². The maximum atomic E-state index is 12.5. The molecule has 1 aromatic carbocycles. The molecular formula is C15H17Cl2NO4. The Balaban J connectivity index is 2.05. The van der Waals surface area contributed by atoms with Gasteiger partial charge in [0.05, 0.1) is 11.4 Å². The molecular weight excluding hydrogens is 329 g/mol. The fourth-order valence-corrected chi connectivity index (χ4v) is 2.93. The highest BCUT2D eigenvalue weighted by molar-refractivity contribution is 6.42. The maximum absolute atomic E-state index is 12.5. The number of nitrogens with zero attached hydrogens (tertiary/aromatic N) is 1. The molecule has 0 spiro atoms. The summed E-state index contributed by atoms with van der Waals surface area (Å²) in [6.45, 7) is 2.17. The molecule has 2 rings (SSSR count). The van der Waals surface area contributed by atoms with Crippen LogP contribution in [0.1, 0.15) is 26.2 Å². The predicted octanol–water partition coefficient (Wildman–Crippen LogP) is 3.23. The van der Waals surface area contributed by atoms with Crippen LogP contribution < -0.4 is 4.74 Å². The van der Waals surface area contributed by atoms with Crippen LogP contribution in [0.25, 0.3) is 0 Å². The summed E-state index contributed by atoms with van der Waals surface area (Å²) in [6.07, 6.45) is 0.693. The lowest BCUT2D eigenvalue weighted by molar-refractivity contribution is -0.142. The maximum Gasteiger partial charge on any atom is 0.305 e. The van der Waals surface area contributed by atoms with Crippen molar-refractivity contribution in [1.82, 2.24) is 4.90 Å². The Labute approximate surface area is 138 Å². The van der Waals surface area contributed by atoms with Crippen molar-refractivity contribution < 1.29 is 19.4 Å². The van der Waals surface area contributed by atoms with E-state index >= 15 is 0 Å². The van der Waals surface area contributed by atoms with E-state index in [-0.39, 0.29) is 23.4 Å². The number of benzene rings is 1. The first-order valence-corrected chi connectivity index (χ1v) is 7.78. The third kappa shape index (κ3) is 3.84. The van der Waals surface area contributed by atoms with Crippen molar-refractivity contribution in [3.8, 4) is 5.75 Å². The van der Waals surface area contributed by atoms with Crippen LogP contribution in [0.15, 0.2) is 18.2 Å². The molecule has 1 heterocycles. The summed E-state index contributed by atoms with van der Waals surface area (Å²) in [5, 5.41) is 9.52. The third-order valence-corrected chi connectivity index (χ3v) is 4.44. The zero-order valence-corrected chi connectivity index (χ0v) is 13.6. The fourth-order valence-electron chi connectivity index (χ4n) is 2.59. The Bertz CT molecular complexity index is 579. The molecule has 0 aliphatic carbocycles. The molecule has 1 amide bonds. The lowest BCUT2D eigenvalue weighted by Gasteiger charge is -2.27.